The summed E-state index contributed by atoms with van der Waals surface area (Å²) in [5.41, 5.74) is 0. The monoisotopic (exact) mass is 762 g/mol. The Labute approximate surface area is 335 Å². The van der Waals surface area contributed by atoms with E-state index in [0.29, 0.717) is 25.9 Å². The van der Waals surface area contributed by atoms with Crippen LogP contribution in [0.3, 0.4) is 0 Å². The maximum Gasteiger partial charge on any atom is 0.305 e. The highest BCUT2D eigenvalue weighted by Crippen LogP contribution is 2.15. The lowest BCUT2D eigenvalue weighted by molar-refractivity contribution is -0.143. The topological polar surface area (TPSA) is 95.9 Å². The second-order valence-corrected chi connectivity index (χ2v) is 16.1. The predicted molar refractivity (Wildman–Crippen MR) is 232 cm³/mol. The molecule has 0 spiro atoms. The van der Waals surface area contributed by atoms with Crippen LogP contribution >= 0.6 is 0 Å². The third-order valence-electron chi connectivity index (χ3n) is 10.8. The summed E-state index contributed by atoms with van der Waals surface area (Å²) in [6, 6.07) is -0.557. The number of unbranched alkanes of at least 4 members (excludes halogenated alkanes) is 28. The summed E-state index contributed by atoms with van der Waals surface area (Å²) in [6.45, 7) is 4.85. The first-order chi connectivity index (χ1) is 26.5. The third kappa shape index (κ3) is 40.0. The highest BCUT2D eigenvalue weighted by atomic mass is 16.5. The van der Waals surface area contributed by atoms with Crippen molar-refractivity contribution in [2.24, 2.45) is 0 Å². The molecule has 6 nitrogen and oxygen atoms in total. The lowest BCUT2D eigenvalue weighted by Crippen LogP contribution is -2.45. The summed E-state index contributed by atoms with van der Waals surface area (Å²) >= 11 is 0. The van der Waals surface area contributed by atoms with Crippen molar-refractivity contribution in [2.75, 3.05) is 13.2 Å². The van der Waals surface area contributed by atoms with Gasteiger partial charge < -0.3 is 20.3 Å². The Morgan fingerprint density at radius 3 is 1.44 bits per heavy atom. The number of aliphatic hydroxyl groups excluding tert-OH is 2. The Morgan fingerprint density at radius 2 is 0.926 bits per heavy atom. The van der Waals surface area contributed by atoms with Gasteiger partial charge in [0.2, 0.25) is 5.91 Å². The maximum absolute atomic E-state index is 12.4. The van der Waals surface area contributed by atoms with E-state index < -0.39 is 12.1 Å². The number of nitrogens with one attached hydrogen (secondary N) is 1. The zero-order valence-electron chi connectivity index (χ0n) is 36.0. The van der Waals surface area contributed by atoms with E-state index in [-0.39, 0.29) is 18.5 Å². The van der Waals surface area contributed by atoms with Gasteiger partial charge in [0.15, 0.2) is 0 Å². The molecular weight excluding hydrogens is 671 g/mol. The van der Waals surface area contributed by atoms with E-state index in [9.17, 15) is 19.8 Å². The van der Waals surface area contributed by atoms with E-state index >= 15 is 0 Å². The predicted octanol–water partition coefficient (Wildman–Crippen LogP) is 13.6. The molecule has 0 aliphatic rings. The van der Waals surface area contributed by atoms with Crippen LogP contribution in [0.2, 0.25) is 0 Å². The molecule has 0 radical (unpaired) electrons. The first-order valence-corrected chi connectivity index (χ1v) is 23.6. The lowest BCUT2D eigenvalue weighted by atomic mass is 10.0. The standard InChI is InChI=1S/C48H91NO5/c1-3-5-7-9-11-13-15-17-18-19-21-26-30-34-38-42-48(53)54-43-39-35-31-27-23-22-25-29-33-37-41-47(52)49-45(44-50)46(51)40-36-32-28-24-20-16-14-12-10-8-6-4-2/h11,13,17-18,45-46,50-51H,3-10,12,14-16,19-44H2,1-2H3,(H,49,52)/b13-11-,18-17-. The van der Waals surface area contributed by atoms with Gasteiger partial charge in [-0.1, -0.05) is 199 Å². The maximum atomic E-state index is 12.4. The van der Waals surface area contributed by atoms with Gasteiger partial charge in [-0.05, 0) is 57.8 Å². The van der Waals surface area contributed by atoms with Crippen LogP contribution in [0.15, 0.2) is 24.3 Å². The highest BCUT2D eigenvalue weighted by Gasteiger charge is 2.20. The molecule has 54 heavy (non-hydrogen) atoms. The minimum atomic E-state index is -0.678. The Bertz CT molecular complexity index is 843. The molecule has 0 saturated heterocycles. The van der Waals surface area contributed by atoms with Crippen molar-refractivity contribution in [3.8, 4) is 0 Å². The third-order valence-corrected chi connectivity index (χ3v) is 10.8. The number of hydrogen-bond donors (Lipinski definition) is 3. The van der Waals surface area contributed by atoms with Crippen LogP contribution in [0.25, 0.3) is 0 Å². The number of hydrogen-bond acceptors (Lipinski definition) is 5. The van der Waals surface area contributed by atoms with Gasteiger partial charge in [0.1, 0.15) is 0 Å². The molecule has 6 heteroatoms. The minimum absolute atomic E-state index is 0.0333. The van der Waals surface area contributed by atoms with Crippen LogP contribution in [0.4, 0.5) is 0 Å². The fourth-order valence-electron chi connectivity index (χ4n) is 7.08. The van der Waals surface area contributed by atoms with Crippen LogP contribution in [-0.2, 0) is 14.3 Å². The Morgan fingerprint density at radius 1 is 0.519 bits per heavy atom. The molecule has 0 heterocycles. The van der Waals surface area contributed by atoms with Crippen molar-refractivity contribution in [3.63, 3.8) is 0 Å². The van der Waals surface area contributed by atoms with Gasteiger partial charge in [0, 0.05) is 12.8 Å². The second kappa shape index (κ2) is 44.1. The van der Waals surface area contributed by atoms with E-state index in [1.807, 2.05) is 0 Å². The molecule has 0 rings (SSSR count). The Balaban J connectivity index is 3.50. The smallest absolute Gasteiger partial charge is 0.305 e. The summed E-state index contributed by atoms with van der Waals surface area (Å²) in [5.74, 6) is -0.0935. The number of esters is 1. The molecule has 0 bridgehead atoms. The molecule has 0 aliphatic carbocycles. The molecular formula is C48H91NO5. The van der Waals surface area contributed by atoms with Gasteiger partial charge in [-0.15, -0.1) is 0 Å². The molecule has 0 aromatic carbocycles. The fourth-order valence-corrected chi connectivity index (χ4v) is 7.08. The SMILES string of the molecule is CCCCC/C=C\C/C=C\CCCCCCCC(=O)OCCCCCCCCCCCCC(=O)NC(CO)C(O)CCCCCCCCCCCCCC. The van der Waals surface area contributed by atoms with Crippen molar-refractivity contribution in [2.45, 2.75) is 257 Å². The molecule has 3 N–H and O–H groups in total. The van der Waals surface area contributed by atoms with Gasteiger partial charge in [-0.2, -0.15) is 0 Å². The van der Waals surface area contributed by atoms with Crippen LogP contribution in [0, 0.1) is 0 Å². The molecule has 0 aromatic heterocycles. The van der Waals surface area contributed by atoms with Crippen molar-refractivity contribution in [1.29, 1.82) is 0 Å². The van der Waals surface area contributed by atoms with Crippen LogP contribution in [0.1, 0.15) is 245 Å². The molecule has 0 saturated carbocycles. The van der Waals surface area contributed by atoms with Crippen LogP contribution in [-0.4, -0.2) is 47.4 Å². The fraction of sp³-hybridized carbons (Fsp3) is 0.875. The molecule has 318 valence electrons. The summed E-state index contributed by atoms with van der Waals surface area (Å²) in [5, 5.41) is 23.1. The van der Waals surface area contributed by atoms with E-state index in [0.717, 1.165) is 70.6 Å². The minimum Gasteiger partial charge on any atom is -0.466 e. The van der Waals surface area contributed by atoms with E-state index in [2.05, 4.69) is 43.5 Å². The Hall–Kier alpha value is -1.66. The highest BCUT2D eigenvalue weighted by molar-refractivity contribution is 5.76. The summed E-state index contributed by atoms with van der Waals surface area (Å²) in [4.78, 5) is 24.4. The quantitative estimate of drug-likeness (QED) is 0.0327. The molecule has 1 amide bonds. The zero-order valence-corrected chi connectivity index (χ0v) is 36.0. The first kappa shape index (κ1) is 52.3. The van der Waals surface area contributed by atoms with Gasteiger partial charge in [-0.3, -0.25) is 9.59 Å². The summed E-state index contributed by atoms with van der Waals surface area (Å²) in [7, 11) is 0. The average Bonchev–Trinajstić information content (AvgIpc) is 3.17. The lowest BCUT2D eigenvalue weighted by Gasteiger charge is -2.22. The van der Waals surface area contributed by atoms with E-state index in [1.54, 1.807) is 0 Å². The van der Waals surface area contributed by atoms with E-state index in [4.69, 9.17) is 4.74 Å². The van der Waals surface area contributed by atoms with Crippen molar-refractivity contribution in [1.82, 2.24) is 5.32 Å². The number of ether oxygens (including phenoxy) is 1. The van der Waals surface area contributed by atoms with Crippen LogP contribution in [0.5, 0.6) is 0 Å². The van der Waals surface area contributed by atoms with Crippen molar-refractivity contribution in [3.05, 3.63) is 24.3 Å². The number of allylic oxidation sites excluding steroid dienone is 4. The molecule has 2 unspecified atom stereocenters. The summed E-state index contributed by atoms with van der Waals surface area (Å²) in [6.07, 6.45) is 49.8. The number of carbonyl (C=O) groups is 2. The number of rotatable bonds is 43. The van der Waals surface area contributed by atoms with Crippen LogP contribution < -0.4 is 5.32 Å². The second-order valence-electron chi connectivity index (χ2n) is 16.1. The summed E-state index contributed by atoms with van der Waals surface area (Å²) < 4.78 is 5.44. The number of amides is 1. The number of aliphatic hydroxyl groups is 2. The largest absolute Gasteiger partial charge is 0.466 e. The first-order valence-electron chi connectivity index (χ1n) is 23.6. The Kier molecular flexibility index (Phi) is 42.7. The average molecular weight is 762 g/mol. The van der Waals surface area contributed by atoms with Gasteiger partial charge >= 0.3 is 5.97 Å². The van der Waals surface area contributed by atoms with Crippen molar-refractivity contribution < 1.29 is 24.5 Å². The molecule has 0 fully saturated rings. The van der Waals surface area contributed by atoms with Gasteiger partial charge in [0.25, 0.3) is 0 Å². The van der Waals surface area contributed by atoms with Crippen molar-refractivity contribution >= 4 is 11.9 Å². The molecule has 0 aromatic rings. The van der Waals surface area contributed by atoms with Gasteiger partial charge in [-0.25, -0.2) is 0 Å². The number of carbonyl (C=O) groups excluding carboxylic acids is 2. The molecule has 0 aliphatic heterocycles. The van der Waals surface area contributed by atoms with Gasteiger partial charge in [0.05, 0.1) is 25.4 Å². The molecule has 2 atom stereocenters. The normalized spacial score (nSPS) is 12.9. The van der Waals surface area contributed by atoms with E-state index in [1.165, 1.54) is 141 Å². The zero-order chi connectivity index (χ0) is 39.4.